The second kappa shape index (κ2) is 6.03. The fraction of sp³-hybridized carbons (Fsp3) is 0. The standard InChI is InChI=1S/C14H9BrN2O2/c15-12-8-10(9-16)6-7-13(12)17-14(18)19-11-4-2-1-3-5-11/h1-8H,(H,17,18). The van der Waals surface area contributed by atoms with Crippen molar-refractivity contribution in [1.82, 2.24) is 0 Å². The monoisotopic (exact) mass is 316 g/mol. The van der Waals surface area contributed by atoms with Gasteiger partial charge in [0.1, 0.15) is 5.75 Å². The highest BCUT2D eigenvalue weighted by Crippen LogP contribution is 2.23. The van der Waals surface area contributed by atoms with E-state index in [9.17, 15) is 4.79 Å². The van der Waals surface area contributed by atoms with E-state index in [2.05, 4.69) is 21.2 Å². The Balaban J connectivity index is 2.05. The van der Waals surface area contributed by atoms with Gasteiger partial charge in [-0.3, -0.25) is 5.32 Å². The first-order valence-corrected chi connectivity index (χ1v) is 6.22. The molecule has 0 fully saturated rings. The summed E-state index contributed by atoms with van der Waals surface area (Å²) >= 11 is 3.28. The van der Waals surface area contributed by atoms with Crippen LogP contribution in [0.15, 0.2) is 53.0 Å². The lowest BCUT2D eigenvalue weighted by Crippen LogP contribution is -2.16. The molecule has 0 saturated heterocycles. The van der Waals surface area contributed by atoms with Crippen molar-refractivity contribution in [2.75, 3.05) is 5.32 Å². The molecule has 0 spiro atoms. The quantitative estimate of drug-likeness (QED) is 0.913. The smallest absolute Gasteiger partial charge is 0.410 e. The fourth-order valence-corrected chi connectivity index (χ4v) is 1.89. The fourth-order valence-electron chi connectivity index (χ4n) is 1.42. The van der Waals surface area contributed by atoms with E-state index < -0.39 is 6.09 Å². The van der Waals surface area contributed by atoms with Crippen LogP contribution >= 0.6 is 15.9 Å². The predicted octanol–water partition coefficient (Wildman–Crippen LogP) is 3.93. The molecule has 19 heavy (non-hydrogen) atoms. The summed E-state index contributed by atoms with van der Waals surface area (Å²) in [5, 5.41) is 11.3. The number of nitrogens with one attached hydrogen (secondary N) is 1. The normalized spacial score (nSPS) is 9.47. The first kappa shape index (κ1) is 13.1. The summed E-state index contributed by atoms with van der Waals surface area (Å²) in [6, 6.07) is 15.7. The van der Waals surface area contributed by atoms with E-state index in [0.29, 0.717) is 21.5 Å². The van der Waals surface area contributed by atoms with Crippen LogP contribution < -0.4 is 10.1 Å². The second-order valence-electron chi connectivity index (χ2n) is 3.63. The van der Waals surface area contributed by atoms with Gasteiger partial charge in [-0.2, -0.15) is 5.26 Å². The van der Waals surface area contributed by atoms with Crippen LogP contribution in [0.5, 0.6) is 5.75 Å². The number of rotatable bonds is 2. The Bertz CT molecular complexity index is 636. The molecule has 0 aliphatic rings. The molecule has 4 nitrogen and oxygen atoms in total. The molecule has 2 rings (SSSR count). The van der Waals surface area contributed by atoms with Gasteiger partial charge in [0.05, 0.1) is 17.3 Å². The largest absolute Gasteiger partial charge is 0.417 e. The number of ether oxygens (including phenoxy) is 1. The van der Waals surface area contributed by atoms with Crippen LogP contribution in [-0.2, 0) is 0 Å². The number of anilines is 1. The van der Waals surface area contributed by atoms with Crippen molar-refractivity contribution >= 4 is 27.7 Å². The first-order valence-electron chi connectivity index (χ1n) is 5.42. The second-order valence-corrected chi connectivity index (χ2v) is 4.49. The number of benzene rings is 2. The molecular weight excluding hydrogens is 308 g/mol. The summed E-state index contributed by atoms with van der Waals surface area (Å²) < 4.78 is 5.72. The summed E-state index contributed by atoms with van der Waals surface area (Å²) in [5.74, 6) is 0.463. The molecule has 0 saturated carbocycles. The molecule has 0 heterocycles. The molecule has 2 aromatic rings. The van der Waals surface area contributed by atoms with Crippen LogP contribution in [0.25, 0.3) is 0 Å². The number of nitrogens with zero attached hydrogens (tertiary/aromatic N) is 1. The predicted molar refractivity (Wildman–Crippen MR) is 74.9 cm³/mol. The van der Waals surface area contributed by atoms with E-state index in [1.165, 1.54) is 0 Å². The summed E-state index contributed by atoms with van der Waals surface area (Å²) in [4.78, 5) is 11.7. The van der Waals surface area contributed by atoms with Crippen LogP contribution in [0.3, 0.4) is 0 Å². The molecule has 0 atom stereocenters. The van der Waals surface area contributed by atoms with Crippen LogP contribution in [-0.4, -0.2) is 6.09 Å². The molecule has 0 aromatic heterocycles. The highest BCUT2D eigenvalue weighted by molar-refractivity contribution is 9.10. The third-order valence-corrected chi connectivity index (χ3v) is 2.94. The molecule has 1 N–H and O–H groups in total. The maximum Gasteiger partial charge on any atom is 0.417 e. The van der Waals surface area contributed by atoms with Gasteiger partial charge in [0.25, 0.3) is 0 Å². The van der Waals surface area contributed by atoms with Crippen molar-refractivity contribution in [2.24, 2.45) is 0 Å². The lowest BCUT2D eigenvalue weighted by molar-refractivity contribution is 0.215. The lowest BCUT2D eigenvalue weighted by Gasteiger charge is -2.08. The average Bonchev–Trinajstić information content (AvgIpc) is 2.42. The van der Waals surface area contributed by atoms with Crippen molar-refractivity contribution in [3.05, 3.63) is 58.6 Å². The van der Waals surface area contributed by atoms with Crippen LogP contribution in [0, 0.1) is 11.3 Å². The van der Waals surface area contributed by atoms with Crippen molar-refractivity contribution in [3.8, 4) is 11.8 Å². The maximum absolute atomic E-state index is 11.7. The lowest BCUT2D eigenvalue weighted by atomic mass is 10.2. The number of hydrogen-bond donors (Lipinski definition) is 1. The van der Waals surface area contributed by atoms with Gasteiger partial charge in [-0.1, -0.05) is 18.2 Å². The first-order chi connectivity index (χ1) is 9.19. The molecule has 0 aliphatic carbocycles. The number of para-hydroxylation sites is 1. The Hall–Kier alpha value is -2.32. The Kier molecular flexibility index (Phi) is 4.16. The molecule has 0 bridgehead atoms. The number of amides is 1. The van der Waals surface area contributed by atoms with Crippen molar-refractivity contribution < 1.29 is 9.53 Å². The van der Waals surface area contributed by atoms with E-state index in [0.717, 1.165) is 0 Å². The van der Waals surface area contributed by atoms with Gasteiger partial charge >= 0.3 is 6.09 Å². The van der Waals surface area contributed by atoms with Crippen molar-refractivity contribution in [2.45, 2.75) is 0 Å². The molecule has 1 amide bonds. The summed E-state index contributed by atoms with van der Waals surface area (Å²) in [6.45, 7) is 0. The van der Waals surface area contributed by atoms with Crippen molar-refractivity contribution in [1.29, 1.82) is 5.26 Å². The van der Waals surface area contributed by atoms with E-state index >= 15 is 0 Å². The minimum atomic E-state index is -0.586. The molecule has 2 aromatic carbocycles. The molecule has 5 heteroatoms. The van der Waals surface area contributed by atoms with Gasteiger partial charge in [-0.05, 0) is 46.3 Å². The van der Waals surface area contributed by atoms with Gasteiger partial charge in [-0.15, -0.1) is 0 Å². The van der Waals surface area contributed by atoms with Gasteiger partial charge in [-0.25, -0.2) is 4.79 Å². The number of hydrogen-bond acceptors (Lipinski definition) is 3. The van der Waals surface area contributed by atoms with Crippen molar-refractivity contribution in [3.63, 3.8) is 0 Å². The molecule has 0 unspecified atom stereocenters. The number of carbonyl (C=O) groups excluding carboxylic acids is 1. The van der Waals surface area contributed by atoms with Gasteiger partial charge in [0, 0.05) is 4.47 Å². The summed E-state index contributed by atoms with van der Waals surface area (Å²) in [7, 11) is 0. The van der Waals surface area contributed by atoms with Gasteiger partial charge in [0.2, 0.25) is 0 Å². The average molecular weight is 317 g/mol. The van der Waals surface area contributed by atoms with Crippen LogP contribution in [0.1, 0.15) is 5.56 Å². The highest BCUT2D eigenvalue weighted by atomic mass is 79.9. The zero-order valence-electron chi connectivity index (χ0n) is 9.76. The zero-order valence-corrected chi connectivity index (χ0v) is 11.3. The van der Waals surface area contributed by atoms with Crippen LogP contribution in [0.2, 0.25) is 0 Å². The van der Waals surface area contributed by atoms with E-state index in [1.54, 1.807) is 42.5 Å². The SMILES string of the molecule is N#Cc1ccc(NC(=O)Oc2ccccc2)c(Br)c1. The number of carbonyl (C=O) groups is 1. The molecular formula is C14H9BrN2O2. The zero-order chi connectivity index (χ0) is 13.7. The molecule has 0 aliphatic heterocycles. The third kappa shape index (κ3) is 3.57. The molecule has 94 valence electrons. The Labute approximate surface area is 118 Å². The number of halogens is 1. The summed E-state index contributed by atoms with van der Waals surface area (Å²) in [6.07, 6.45) is -0.586. The van der Waals surface area contributed by atoms with E-state index in [4.69, 9.17) is 10.00 Å². The van der Waals surface area contributed by atoms with Crippen LogP contribution in [0.4, 0.5) is 10.5 Å². The van der Waals surface area contributed by atoms with Gasteiger partial charge < -0.3 is 4.74 Å². The topological polar surface area (TPSA) is 62.1 Å². The third-order valence-electron chi connectivity index (χ3n) is 2.29. The molecule has 0 radical (unpaired) electrons. The Morgan fingerprint density at radius 3 is 2.58 bits per heavy atom. The van der Waals surface area contributed by atoms with E-state index in [1.807, 2.05) is 12.1 Å². The van der Waals surface area contributed by atoms with Gasteiger partial charge in [0.15, 0.2) is 0 Å². The highest BCUT2D eigenvalue weighted by Gasteiger charge is 2.08. The Morgan fingerprint density at radius 1 is 1.21 bits per heavy atom. The van der Waals surface area contributed by atoms with E-state index in [-0.39, 0.29) is 0 Å². The number of nitriles is 1. The minimum Gasteiger partial charge on any atom is -0.410 e. The summed E-state index contributed by atoms with van der Waals surface area (Å²) in [5.41, 5.74) is 1.05. The Morgan fingerprint density at radius 2 is 1.95 bits per heavy atom. The minimum absolute atomic E-state index is 0.463. The maximum atomic E-state index is 11.7.